The fourth-order valence-corrected chi connectivity index (χ4v) is 3.41. The summed E-state index contributed by atoms with van der Waals surface area (Å²) < 4.78 is 6.29. The number of oxazole rings is 1. The highest BCUT2D eigenvalue weighted by molar-refractivity contribution is 6.30. The summed E-state index contributed by atoms with van der Waals surface area (Å²) in [6, 6.07) is 16.2. The lowest BCUT2D eigenvalue weighted by Crippen LogP contribution is -2.26. The monoisotopic (exact) mass is 352 g/mol. The van der Waals surface area contributed by atoms with E-state index in [0.29, 0.717) is 5.92 Å². The Labute approximate surface area is 153 Å². The van der Waals surface area contributed by atoms with E-state index in [-0.39, 0.29) is 0 Å². The molecule has 25 heavy (non-hydrogen) atoms. The second-order valence-corrected chi connectivity index (χ2v) is 7.06. The van der Waals surface area contributed by atoms with Crippen LogP contribution in [0, 0.1) is 6.92 Å². The Bertz CT molecular complexity index is 784. The molecule has 0 unspecified atom stereocenters. The molecule has 2 aromatic carbocycles. The molecule has 3 nitrogen and oxygen atoms in total. The van der Waals surface area contributed by atoms with Gasteiger partial charge in [0.2, 0.25) is 0 Å². The van der Waals surface area contributed by atoms with Crippen molar-refractivity contribution < 1.29 is 4.42 Å². The quantitative estimate of drug-likeness (QED) is 0.682. The average molecular weight is 353 g/mol. The lowest BCUT2D eigenvalue weighted by Gasteiger charge is -2.19. The summed E-state index contributed by atoms with van der Waals surface area (Å²) in [5, 5.41) is 4.12. The summed E-state index contributed by atoms with van der Waals surface area (Å²) in [4.78, 5) is 4.90. The first-order valence-corrected chi connectivity index (χ1v) is 9.13. The van der Waals surface area contributed by atoms with E-state index in [2.05, 4.69) is 36.5 Å². The van der Waals surface area contributed by atoms with Gasteiger partial charge in [-0.3, -0.25) is 0 Å². The third kappa shape index (κ3) is 3.48. The topological polar surface area (TPSA) is 38.1 Å². The second-order valence-electron chi connectivity index (χ2n) is 6.63. The van der Waals surface area contributed by atoms with Crippen LogP contribution in [0.3, 0.4) is 0 Å². The molecule has 0 bridgehead atoms. The zero-order chi connectivity index (χ0) is 17.2. The van der Waals surface area contributed by atoms with E-state index >= 15 is 0 Å². The Balaban J connectivity index is 1.80. The molecule has 0 atom stereocenters. The van der Waals surface area contributed by atoms with Crippen molar-refractivity contribution in [3.63, 3.8) is 0 Å². The number of halogens is 1. The van der Waals surface area contributed by atoms with Gasteiger partial charge < -0.3 is 9.73 Å². The summed E-state index contributed by atoms with van der Waals surface area (Å²) >= 11 is 6.05. The van der Waals surface area contributed by atoms with Crippen LogP contribution in [0.25, 0.3) is 22.6 Å². The average Bonchev–Trinajstić information content (AvgIpc) is 3.09. The number of nitrogens with zero attached hydrogens (tertiary/aromatic N) is 1. The number of hydrogen-bond donors (Lipinski definition) is 1. The molecule has 128 valence electrons. The first-order chi connectivity index (χ1) is 12.2. The van der Waals surface area contributed by atoms with Gasteiger partial charge in [-0.05, 0) is 45.0 Å². The van der Waals surface area contributed by atoms with Crippen LogP contribution in [-0.4, -0.2) is 18.1 Å². The first-order valence-electron chi connectivity index (χ1n) is 8.75. The van der Waals surface area contributed by atoms with Gasteiger partial charge in [-0.1, -0.05) is 53.6 Å². The highest BCUT2D eigenvalue weighted by Crippen LogP contribution is 2.37. The fourth-order valence-electron chi connectivity index (χ4n) is 3.28. The number of hydrogen-bond acceptors (Lipinski definition) is 3. The van der Waals surface area contributed by atoms with Crippen molar-refractivity contribution >= 4 is 11.6 Å². The van der Waals surface area contributed by atoms with Crippen LogP contribution >= 0.6 is 11.6 Å². The van der Waals surface area contributed by atoms with Gasteiger partial charge in [0.25, 0.3) is 0 Å². The van der Waals surface area contributed by atoms with E-state index in [1.807, 2.05) is 24.3 Å². The minimum Gasteiger partial charge on any atom is -0.440 e. The van der Waals surface area contributed by atoms with E-state index in [1.165, 1.54) is 5.56 Å². The second kappa shape index (κ2) is 7.03. The Morgan fingerprint density at radius 1 is 0.960 bits per heavy atom. The van der Waals surface area contributed by atoms with Crippen molar-refractivity contribution in [1.82, 2.24) is 10.3 Å². The van der Waals surface area contributed by atoms with Crippen molar-refractivity contribution in [2.24, 2.45) is 0 Å². The molecule has 2 heterocycles. The van der Waals surface area contributed by atoms with Gasteiger partial charge in [0, 0.05) is 22.1 Å². The molecule has 1 aromatic heterocycles. The number of rotatable bonds is 3. The maximum atomic E-state index is 6.29. The molecule has 1 saturated heterocycles. The summed E-state index contributed by atoms with van der Waals surface area (Å²) in [5.74, 6) is 2.07. The van der Waals surface area contributed by atoms with E-state index in [4.69, 9.17) is 21.0 Å². The van der Waals surface area contributed by atoms with Crippen LogP contribution < -0.4 is 5.32 Å². The largest absolute Gasteiger partial charge is 0.440 e. The van der Waals surface area contributed by atoms with Gasteiger partial charge in [-0.25, -0.2) is 4.98 Å². The molecule has 0 spiro atoms. The number of nitrogens with one attached hydrogen (secondary N) is 1. The van der Waals surface area contributed by atoms with Crippen LogP contribution in [0.15, 0.2) is 52.9 Å². The molecule has 4 heteroatoms. The van der Waals surface area contributed by atoms with E-state index < -0.39 is 0 Å². The SMILES string of the molecule is Cc1ccc(-c2oc(C3CCNCC3)nc2-c2ccc(Cl)cc2)cc1. The third-order valence-electron chi connectivity index (χ3n) is 4.76. The molecule has 0 amide bonds. The van der Waals surface area contributed by atoms with Gasteiger partial charge >= 0.3 is 0 Å². The summed E-state index contributed by atoms with van der Waals surface area (Å²) in [7, 11) is 0. The van der Waals surface area contributed by atoms with E-state index in [0.717, 1.165) is 59.4 Å². The van der Waals surface area contributed by atoms with Gasteiger partial charge in [0.15, 0.2) is 11.7 Å². The maximum absolute atomic E-state index is 6.29. The summed E-state index contributed by atoms with van der Waals surface area (Å²) in [6.45, 7) is 4.12. The van der Waals surface area contributed by atoms with Crippen LogP contribution in [0.2, 0.25) is 5.02 Å². The fraction of sp³-hybridized carbons (Fsp3) is 0.286. The molecule has 3 aromatic rings. The standard InChI is InChI=1S/C21H21ClN2O/c1-14-2-4-16(5-3-14)20-19(15-6-8-18(22)9-7-15)24-21(25-20)17-10-12-23-13-11-17/h2-9,17,23H,10-13H2,1H3. The predicted molar refractivity (Wildman–Crippen MR) is 102 cm³/mol. The van der Waals surface area contributed by atoms with Crippen molar-refractivity contribution in [2.45, 2.75) is 25.7 Å². The van der Waals surface area contributed by atoms with Crippen LogP contribution in [0.5, 0.6) is 0 Å². The Kier molecular flexibility index (Phi) is 4.60. The molecule has 0 radical (unpaired) electrons. The molecule has 1 aliphatic rings. The van der Waals surface area contributed by atoms with Gasteiger partial charge in [-0.2, -0.15) is 0 Å². The number of piperidine rings is 1. The molecular weight excluding hydrogens is 332 g/mol. The summed E-state index contributed by atoms with van der Waals surface area (Å²) in [6.07, 6.45) is 2.13. The molecular formula is C21H21ClN2O. The molecule has 1 fully saturated rings. The Hall–Kier alpha value is -2.10. The molecule has 1 aliphatic heterocycles. The zero-order valence-electron chi connectivity index (χ0n) is 14.3. The number of aryl methyl sites for hydroxylation is 1. The number of benzene rings is 2. The van der Waals surface area contributed by atoms with Gasteiger partial charge in [0.1, 0.15) is 5.69 Å². The molecule has 4 rings (SSSR count). The highest BCUT2D eigenvalue weighted by atomic mass is 35.5. The Morgan fingerprint density at radius 3 is 2.28 bits per heavy atom. The van der Waals surface area contributed by atoms with Crippen LogP contribution in [0.1, 0.15) is 30.2 Å². The molecule has 0 aliphatic carbocycles. The predicted octanol–water partition coefficient (Wildman–Crippen LogP) is 5.44. The smallest absolute Gasteiger partial charge is 0.198 e. The summed E-state index contributed by atoms with van der Waals surface area (Å²) in [5.41, 5.74) is 4.22. The highest BCUT2D eigenvalue weighted by Gasteiger charge is 2.24. The first kappa shape index (κ1) is 16.4. The molecule has 1 N–H and O–H groups in total. The lowest BCUT2D eigenvalue weighted by atomic mass is 9.98. The minimum absolute atomic E-state index is 0.381. The lowest BCUT2D eigenvalue weighted by molar-refractivity contribution is 0.378. The zero-order valence-corrected chi connectivity index (χ0v) is 15.0. The van der Waals surface area contributed by atoms with E-state index in [9.17, 15) is 0 Å². The van der Waals surface area contributed by atoms with Gasteiger partial charge in [-0.15, -0.1) is 0 Å². The van der Waals surface area contributed by atoms with Crippen molar-refractivity contribution in [2.75, 3.05) is 13.1 Å². The third-order valence-corrected chi connectivity index (χ3v) is 5.02. The van der Waals surface area contributed by atoms with E-state index in [1.54, 1.807) is 0 Å². The normalized spacial score (nSPS) is 15.4. The minimum atomic E-state index is 0.381. The maximum Gasteiger partial charge on any atom is 0.198 e. The Morgan fingerprint density at radius 2 is 1.60 bits per heavy atom. The molecule has 0 saturated carbocycles. The van der Waals surface area contributed by atoms with Crippen LogP contribution in [-0.2, 0) is 0 Å². The van der Waals surface area contributed by atoms with Crippen molar-refractivity contribution in [3.05, 3.63) is 65.0 Å². The van der Waals surface area contributed by atoms with Crippen molar-refractivity contribution in [1.29, 1.82) is 0 Å². The van der Waals surface area contributed by atoms with Crippen LogP contribution in [0.4, 0.5) is 0 Å². The van der Waals surface area contributed by atoms with Crippen molar-refractivity contribution in [3.8, 4) is 22.6 Å². The number of aromatic nitrogens is 1. The van der Waals surface area contributed by atoms with Gasteiger partial charge in [0.05, 0.1) is 0 Å².